The number of hydrogen-bond acceptors (Lipinski definition) is 3. The first-order chi connectivity index (χ1) is 8.04. The SMILES string of the molecule is COc1ccc(C(N)CCCC(=O)O)c(Cl)c1. The van der Waals surface area contributed by atoms with E-state index in [0.29, 0.717) is 23.6 Å². The molecule has 0 aliphatic carbocycles. The minimum absolute atomic E-state index is 0.126. The number of ether oxygens (including phenoxy) is 1. The van der Waals surface area contributed by atoms with Gasteiger partial charge >= 0.3 is 5.97 Å². The summed E-state index contributed by atoms with van der Waals surface area (Å²) in [7, 11) is 1.57. The number of nitrogens with two attached hydrogens (primary N) is 1. The van der Waals surface area contributed by atoms with Crippen molar-refractivity contribution >= 4 is 17.6 Å². The van der Waals surface area contributed by atoms with Gasteiger partial charge in [-0.3, -0.25) is 4.79 Å². The Hall–Kier alpha value is -1.26. The van der Waals surface area contributed by atoms with Gasteiger partial charge in [0.05, 0.1) is 7.11 Å². The lowest BCUT2D eigenvalue weighted by Crippen LogP contribution is -2.11. The van der Waals surface area contributed by atoms with Gasteiger partial charge in [0, 0.05) is 17.5 Å². The van der Waals surface area contributed by atoms with Gasteiger partial charge in [0.25, 0.3) is 0 Å². The van der Waals surface area contributed by atoms with Crippen molar-refractivity contribution in [2.75, 3.05) is 7.11 Å². The van der Waals surface area contributed by atoms with Crippen LogP contribution in [0.2, 0.25) is 5.02 Å². The average Bonchev–Trinajstić information content (AvgIpc) is 2.28. The number of methoxy groups -OCH3 is 1. The van der Waals surface area contributed by atoms with Crippen LogP contribution in [0.15, 0.2) is 18.2 Å². The lowest BCUT2D eigenvalue weighted by atomic mass is 10.0. The molecule has 3 N–H and O–H groups in total. The first kappa shape index (κ1) is 13.8. The van der Waals surface area contributed by atoms with E-state index in [9.17, 15) is 4.79 Å². The highest BCUT2D eigenvalue weighted by molar-refractivity contribution is 6.31. The third-order valence-electron chi connectivity index (χ3n) is 2.51. The molecule has 5 heteroatoms. The molecule has 0 fully saturated rings. The number of aliphatic carboxylic acids is 1. The molecule has 1 unspecified atom stereocenters. The number of carbonyl (C=O) groups is 1. The zero-order chi connectivity index (χ0) is 12.8. The first-order valence-electron chi connectivity index (χ1n) is 5.35. The topological polar surface area (TPSA) is 72.5 Å². The summed E-state index contributed by atoms with van der Waals surface area (Å²) in [5, 5.41) is 9.08. The van der Waals surface area contributed by atoms with Gasteiger partial charge in [0.1, 0.15) is 5.75 Å². The van der Waals surface area contributed by atoms with E-state index in [1.807, 2.05) is 6.07 Å². The molecule has 0 radical (unpaired) electrons. The fourth-order valence-corrected chi connectivity index (χ4v) is 1.87. The second-order valence-electron chi connectivity index (χ2n) is 3.78. The number of halogens is 1. The Kier molecular flexibility index (Phi) is 5.25. The molecule has 0 saturated carbocycles. The number of carboxylic acids is 1. The lowest BCUT2D eigenvalue weighted by Gasteiger charge is -2.13. The van der Waals surface area contributed by atoms with E-state index >= 15 is 0 Å². The van der Waals surface area contributed by atoms with E-state index in [-0.39, 0.29) is 12.5 Å². The van der Waals surface area contributed by atoms with Gasteiger partial charge in [-0.1, -0.05) is 17.7 Å². The number of rotatable bonds is 6. The maximum atomic E-state index is 10.4. The van der Waals surface area contributed by atoms with Gasteiger partial charge in [-0.05, 0) is 30.5 Å². The van der Waals surface area contributed by atoms with Crippen LogP contribution in [0.3, 0.4) is 0 Å². The van der Waals surface area contributed by atoms with Crippen LogP contribution in [0.5, 0.6) is 5.75 Å². The van der Waals surface area contributed by atoms with Gasteiger partial charge in [0.15, 0.2) is 0 Å². The molecule has 17 heavy (non-hydrogen) atoms. The van der Waals surface area contributed by atoms with Gasteiger partial charge in [0.2, 0.25) is 0 Å². The minimum atomic E-state index is -0.807. The maximum Gasteiger partial charge on any atom is 0.303 e. The lowest BCUT2D eigenvalue weighted by molar-refractivity contribution is -0.137. The molecule has 1 atom stereocenters. The van der Waals surface area contributed by atoms with E-state index in [1.54, 1.807) is 19.2 Å². The summed E-state index contributed by atoms with van der Waals surface area (Å²) < 4.78 is 5.04. The molecule has 1 aromatic carbocycles. The van der Waals surface area contributed by atoms with E-state index in [2.05, 4.69) is 0 Å². The third kappa shape index (κ3) is 4.24. The molecular formula is C12H16ClNO3. The van der Waals surface area contributed by atoms with Gasteiger partial charge in [-0.15, -0.1) is 0 Å². The number of hydrogen-bond donors (Lipinski definition) is 2. The highest BCUT2D eigenvalue weighted by atomic mass is 35.5. The molecule has 0 bridgehead atoms. The zero-order valence-corrected chi connectivity index (χ0v) is 10.4. The van der Waals surface area contributed by atoms with Crippen molar-refractivity contribution in [3.63, 3.8) is 0 Å². The summed E-state index contributed by atoms with van der Waals surface area (Å²) in [4.78, 5) is 10.4. The standard InChI is InChI=1S/C12H16ClNO3/c1-17-8-5-6-9(10(13)7-8)11(14)3-2-4-12(15)16/h5-7,11H,2-4,14H2,1H3,(H,15,16). The molecular weight excluding hydrogens is 242 g/mol. The quantitative estimate of drug-likeness (QED) is 0.822. The Morgan fingerprint density at radius 2 is 2.29 bits per heavy atom. The van der Waals surface area contributed by atoms with Crippen molar-refractivity contribution in [1.82, 2.24) is 0 Å². The van der Waals surface area contributed by atoms with Crippen molar-refractivity contribution in [3.8, 4) is 5.75 Å². The normalized spacial score (nSPS) is 12.2. The summed E-state index contributed by atoms with van der Waals surface area (Å²) in [6.07, 6.45) is 1.26. The first-order valence-corrected chi connectivity index (χ1v) is 5.73. The van der Waals surface area contributed by atoms with Gasteiger partial charge in [-0.2, -0.15) is 0 Å². The predicted octanol–water partition coefficient (Wildman–Crippen LogP) is 2.60. The second kappa shape index (κ2) is 6.47. The average molecular weight is 258 g/mol. The van der Waals surface area contributed by atoms with E-state index in [1.165, 1.54) is 0 Å². The fourth-order valence-electron chi connectivity index (χ4n) is 1.56. The van der Waals surface area contributed by atoms with Crippen LogP contribution in [0, 0.1) is 0 Å². The van der Waals surface area contributed by atoms with Gasteiger partial charge < -0.3 is 15.6 Å². The largest absolute Gasteiger partial charge is 0.497 e. The summed E-state index contributed by atoms with van der Waals surface area (Å²) in [5.74, 6) is -0.130. The smallest absolute Gasteiger partial charge is 0.303 e. The molecule has 0 spiro atoms. The van der Waals surface area contributed by atoms with Crippen molar-refractivity contribution < 1.29 is 14.6 Å². The molecule has 0 aliphatic rings. The van der Waals surface area contributed by atoms with Crippen LogP contribution in [0.4, 0.5) is 0 Å². The van der Waals surface area contributed by atoms with Crippen molar-refractivity contribution in [1.29, 1.82) is 0 Å². The number of carboxylic acid groups (broad SMARTS) is 1. The monoisotopic (exact) mass is 257 g/mol. The van der Waals surface area contributed by atoms with Crippen LogP contribution < -0.4 is 10.5 Å². The molecule has 0 amide bonds. The van der Waals surface area contributed by atoms with Crippen molar-refractivity contribution in [3.05, 3.63) is 28.8 Å². The summed E-state index contributed by atoms with van der Waals surface area (Å²) in [6, 6.07) is 5.06. The fraction of sp³-hybridized carbons (Fsp3) is 0.417. The van der Waals surface area contributed by atoms with Crippen LogP contribution in [0.1, 0.15) is 30.9 Å². The van der Waals surface area contributed by atoms with Crippen LogP contribution >= 0.6 is 11.6 Å². The minimum Gasteiger partial charge on any atom is -0.497 e. The Labute approximate surface area is 105 Å². The summed E-state index contributed by atoms with van der Waals surface area (Å²) in [5.41, 5.74) is 6.77. The molecule has 1 aromatic rings. The molecule has 0 saturated heterocycles. The molecule has 4 nitrogen and oxygen atoms in total. The maximum absolute atomic E-state index is 10.4. The summed E-state index contributed by atoms with van der Waals surface area (Å²) >= 11 is 6.07. The molecule has 1 rings (SSSR count). The zero-order valence-electron chi connectivity index (χ0n) is 9.65. The van der Waals surface area contributed by atoms with Crippen molar-refractivity contribution in [2.45, 2.75) is 25.3 Å². The molecule has 0 aromatic heterocycles. The second-order valence-corrected chi connectivity index (χ2v) is 4.19. The van der Waals surface area contributed by atoms with Crippen LogP contribution in [-0.4, -0.2) is 18.2 Å². The van der Waals surface area contributed by atoms with E-state index in [4.69, 9.17) is 27.2 Å². The molecule has 94 valence electrons. The van der Waals surface area contributed by atoms with Crippen molar-refractivity contribution in [2.24, 2.45) is 5.73 Å². The highest BCUT2D eigenvalue weighted by Gasteiger charge is 2.11. The summed E-state index contributed by atoms with van der Waals surface area (Å²) in [6.45, 7) is 0. The van der Waals surface area contributed by atoms with Crippen LogP contribution in [0.25, 0.3) is 0 Å². The molecule has 0 heterocycles. The van der Waals surface area contributed by atoms with Gasteiger partial charge in [-0.25, -0.2) is 0 Å². The Morgan fingerprint density at radius 3 is 2.82 bits per heavy atom. The predicted molar refractivity (Wildman–Crippen MR) is 66.4 cm³/mol. The molecule has 0 aliphatic heterocycles. The number of benzene rings is 1. The Balaban J connectivity index is 2.62. The Bertz CT molecular complexity index is 395. The Morgan fingerprint density at radius 1 is 1.59 bits per heavy atom. The third-order valence-corrected chi connectivity index (χ3v) is 2.84. The van der Waals surface area contributed by atoms with E-state index < -0.39 is 5.97 Å². The van der Waals surface area contributed by atoms with E-state index in [0.717, 1.165) is 5.56 Å². The van der Waals surface area contributed by atoms with Crippen LogP contribution in [-0.2, 0) is 4.79 Å². The highest BCUT2D eigenvalue weighted by Crippen LogP contribution is 2.28.